The van der Waals surface area contributed by atoms with Gasteiger partial charge in [0.2, 0.25) is 10.5 Å². The second-order valence-corrected chi connectivity index (χ2v) is 8.40. The topological polar surface area (TPSA) is 84.6 Å². The van der Waals surface area contributed by atoms with Crippen LogP contribution < -0.4 is 4.57 Å². The summed E-state index contributed by atoms with van der Waals surface area (Å²) in [5, 5.41) is 1.01. The number of aryl methyl sites for hydroxylation is 2. The average molecular weight is 350 g/mol. The predicted octanol–water partition coefficient (Wildman–Crippen LogP) is 1.44. The van der Waals surface area contributed by atoms with Crippen LogP contribution in [0.2, 0.25) is 0 Å². The second-order valence-electron chi connectivity index (χ2n) is 4.40. The Bertz CT molecular complexity index is 782. The number of aromatic nitrogens is 1. The SMILES string of the molecule is COS(=O)(=O)c1ccc2c(c1)sc(C)[n+]2CCCS(=O)O. The molecule has 0 bridgehead atoms. The van der Waals surface area contributed by atoms with Crippen molar-refractivity contribution >= 4 is 42.8 Å². The van der Waals surface area contributed by atoms with Crippen molar-refractivity contribution in [2.75, 3.05) is 12.9 Å². The fraction of sp³-hybridized carbons (Fsp3) is 0.417. The zero-order valence-corrected chi connectivity index (χ0v) is 14.1. The summed E-state index contributed by atoms with van der Waals surface area (Å²) < 4.78 is 50.3. The Kier molecular flexibility index (Phi) is 5.10. The minimum absolute atomic E-state index is 0.127. The van der Waals surface area contributed by atoms with Crippen molar-refractivity contribution in [1.29, 1.82) is 0 Å². The highest BCUT2D eigenvalue weighted by Gasteiger charge is 2.21. The third kappa shape index (κ3) is 3.67. The highest BCUT2D eigenvalue weighted by atomic mass is 32.2. The lowest BCUT2D eigenvalue weighted by molar-refractivity contribution is -0.672. The van der Waals surface area contributed by atoms with Gasteiger partial charge in [-0.05, 0) is 12.1 Å². The van der Waals surface area contributed by atoms with Crippen LogP contribution in [-0.4, -0.2) is 30.0 Å². The fourth-order valence-corrected chi connectivity index (χ4v) is 4.29. The molecule has 2 rings (SSSR count). The summed E-state index contributed by atoms with van der Waals surface area (Å²) in [5.74, 6) is 0.222. The third-order valence-electron chi connectivity index (χ3n) is 3.07. The maximum Gasteiger partial charge on any atom is 0.296 e. The third-order valence-corrected chi connectivity index (χ3v) is 6.04. The maximum atomic E-state index is 11.7. The van der Waals surface area contributed by atoms with E-state index in [1.54, 1.807) is 12.1 Å². The summed E-state index contributed by atoms with van der Waals surface area (Å²) in [5.41, 5.74) is 0.913. The lowest BCUT2D eigenvalue weighted by Crippen LogP contribution is -2.35. The summed E-state index contributed by atoms with van der Waals surface area (Å²) in [4.78, 5) is 0.127. The summed E-state index contributed by atoms with van der Waals surface area (Å²) in [6.45, 7) is 2.56. The standard InChI is InChI=1S/C12H15NO5S3/c1-9-13(6-3-7-20(14)15)11-5-4-10(8-12(11)19-9)21(16,17)18-2/h4-5,8H,3,6-7H2,1-2H3/p+1. The van der Waals surface area contributed by atoms with Crippen molar-refractivity contribution in [3.05, 3.63) is 23.2 Å². The van der Waals surface area contributed by atoms with E-state index < -0.39 is 21.2 Å². The lowest BCUT2D eigenvalue weighted by atomic mass is 10.3. The van der Waals surface area contributed by atoms with Gasteiger partial charge in [0.15, 0.2) is 17.6 Å². The van der Waals surface area contributed by atoms with Gasteiger partial charge in [-0.3, -0.25) is 4.18 Å². The number of benzene rings is 1. The van der Waals surface area contributed by atoms with Gasteiger partial charge in [-0.15, -0.1) is 0 Å². The summed E-state index contributed by atoms with van der Waals surface area (Å²) in [6, 6.07) is 4.83. The highest BCUT2D eigenvalue weighted by Crippen LogP contribution is 2.24. The molecular weight excluding hydrogens is 334 g/mol. The first-order valence-electron chi connectivity index (χ1n) is 6.16. The van der Waals surface area contributed by atoms with E-state index in [9.17, 15) is 12.6 Å². The van der Waals surface area contributed by atoms with E-state index in [-0.39, 0.29) is 10.6 Å². The molecule has 1 N–H and O–H groups in total. The van der Waals surface area contributed by atoms with Crippen LogP contribution in [-0.2, 0) is 31.9 Å². The van der Waals surface area contributed by atoms with Crippen molar-refractivity contribution in [3.8, 4) is 0 Å². The average Bonchev–Trinajstić information content (AvgIpc) is 2.74. The van der Waals surface area contributed by atoms with Crippen molar-refractivity contribution in [2.45, 2.75) is 24.8 Å². The number of hydrogen-bond acceptors (Lipinski definition) is 5. The molecule has 1 atom stereocenters. The molecule has 2 aromatic rings. The molecule has 6 nitrogen and oxygen atoms in total. The molecule has 0 amide bonds. The van der Waals surface area contributed by atoms with E-state index >= 15 is 0 Å². The summed E-state index contributed by atoms with van der Waals surface area (Å²) in [6.07, 6.45) is 0.582. The summed E-state index contributed by atoms with van der Waals surface area (Å²) in [7, 11) is -2.56. The molecule has 9 heteroatoms. The molecule has 0 aliphatic heterocycles. The Morgan fingerprint density at radius 1 is 1.43 bits per heavy atom. The van der Waals surface area contributed by atoms with Crippen LogP contribution >= 0.6 is 11.3 Å². The van der Waals surface area contributed by atoms with Crippen molar-refractivity contribution in [1.82, 2.24) is 0 Å². The second kappa shape index (κ2) is 6.49. The largest absolute Gasteiger partial charge is 0.306 e. The van der Waals surface area contributed by atoms with E-state index in [0.717, 1.165) is 22.3 Å². The Balaban J connectivity index is 2.37. The molecule has 1 aromatic carbocycles. The molecule has 0 aliphatic rings. The molecule has 1 aromatic heterocycles. The lowest BCUT2D eigenvalue weighted by Gasteiger charge is -2.00. The number of thiazole rings is 1. The normalized spacial score (nSPS) is 13.7. The van der Waals surface area contributed by atoms with Crippen LogP contribution in [0.3, 0.4) is 0 Å². The van der Waals surface area contributed by atoms with Crippen LogP contribution in [0.1, 0.15) is 11.4 Å². The predicted molar refractivity (Wildman–Crippen MR) is 81.2 cm³/mol. The van der Waals surface area contributed by atoms with Gasteiger partial charge in [-0.2, -0.15) is 13.0 Å². The maximum absolute atomic E-state index is 11.7. The van der Waals surface area contributed by atoms with Crippen molar-refractivity contribution in [2.24, 2.45) is 0 Å². The minimum atomic E-state index is -3.70. The van der Waals surface area contributed by atoms with Crippen LogP contribution in [0.4, 0.5) is 0 Å². The van der Waals surface area contributed by atoms with Gasteiger partial charge in [-0.25, -0.2) is 4.21 Å². The van der Waals surface area contributed by atoms with E-state index in [1.807, 2.05) is 11.5 Å². The molecule has 0 spiro atoms. The van der Waals surface area contributed by atoms with Crippen molar-refractivity contribution in [3.63, 3.8) is 0 Å². The minimum Gasteiger partial charge on any atom is -0.306 e. The van der Waals surface area contributed by atoms with E-state index in [1.165, 1.54) is 17.4 Å². The molecule has 0 fully saturated rings. The first-order chi connectivity index (χ1) is 9.85. The number of hydrogen-bond donors (Lipinski definition) is 1. The molecule has 0 aliphatic carbocycles. The molecule has 1 unspecified atom stereocenters. The first kappa shape index (κ1) is 16.5. The molecular formula is C12H16NO5S3+. The van der Waals surface area contributed by atoms with Crippen LogP contribution in [0.25, 0.3) is 10.2 Å². The Hall–Kier alpha value is -0.870. The van der Waals surface area contributed by atoms with E-state index in [4.69, 9.17) is 4.55 Å². The first-order valence-corrected chi connectivity index (χ1v) is 9.66. The van der Waals surface area contributed by atoms with E-state index in [0.29, 0.717) is 13.0 Å². The van der Waals surface area contributed by atoms with Gasteiger partial charge in [0.05, 0.1) is 17.8 Å². The number of rotatable bonds is 6. The molecule has 1 heterocycles. The molecule has 0 radical (unpaired) electrons. The molecule has 21 heavy (non-hydrogen) atoms. The fourth-order valence-electron chi connectivity index (χ4n) is 2.06. The molecule has 0 saturated carbocycles. The highest BCUT2D eigenvalue weighted by molar-refractivity contribution is 7.86. The smallest absolute Gasteiger partial charge is 0.296 e. The van der Waals surface area contributed by atoms with Crippen LogP contribution in [0.5, 0.6) is 0 Å². The Morgan fingerprint density at radius 3 is 2.76 bits per heavy atom. The van der Waals surface area contributed by atoms with Gasteiger partial charge in [0, 0.05) is 19.4 Å². The summed E-state index contributed by atoms with van der Waals surface area (Å²) >= 11 is -0.307. The zero-order valence-electron chi connectivity index (χ0n) is 11.6. The Labute approximate surface area is 129 Å². The van der Waals surface area contributed by atoms with Gasteiger partial charge >= 0.3 is 0 Å². The number of nitrogens with zero attached hydrogens (tertiary/aromatic N) is 1. The van der Waals surface area contributed by atoms with E-state index in [2.05, 4.69) is 4.18 Å². The van der Waals surface area contributed by atoms with Gasteiger partial charge in [-0.1, -0.05) is 11.3 Å². The molecule has 116 valence electrons. The quantitative estimate of drug-likeness (QED) is 0.484. The van der Waals surface area contributed by atoms with Gasteiger partial charge in [0.25, 0.3) is 10.1 Å². The zero-order chi connectivity index (χ0) is 15.6. The van der Waals surface area contributed by atoms with Crippen LogP contribution in [0.15, 0.2) is 23.1 Å². The monoisotopic (exact) mass is 350 g/mol. The number of fused-ring (bicyclic) bond motifs is 1. The van der Waals surface area contributed by atoms with Crippen molar-refractivity contribution < 1.29 is 25.9 Å². The van der Waals surface area contributed by atoms with Gasteiger partial charge in [0.1, 0.15) is 4.70 Å². The molecule has 0 saturated heterocycles. The Morgan fingerprint density at radius 2 is 2.14 bits per heavy atom. The van der Waals surface area contributed by atoms with Crippen LogP contribution in [0, 0.1) is 6.92 Å². The van der Waals surface area contributed by atoms with Gasteiger partial charge < -0.3 is 4.55 Å².